The summed E-state index contributed by atoms with van der Waals surface area (Å²) in [5, 5.41) is 15.6. The molecule has 3 aliphatic rings. The number of benzene rings is 1. The van der Waals surface area contributed by atoms with Crippen LogP contribution in [0.25, 0.3) is 6.08 Å². The van der Waals surface area contributed by atoms with Crippen LogP contribution in [0.3, 0.4) is 0 Å². The van der Waals surface area contributed by atoms with Gasteiger partial charge in [0.25, 0.3) is 0 Å². The van der Waals surface area contributed by atoms with Crippen LogP contribution in [-0.2, 0) is 13.5 Å². The van der Waals surface area contributed by atoms with Gasteiger partial charge >= 0.3 is 0 Å². The molecule has 1 aromatic heterocycles. The number of hydrogen-bond donors (Lipinski definition) is 1. The van der Waals surface area contributed by atoms with E-state index in [1.54, 1.807) is 0 Å². The van der Waals surface area contributed by atoms with Crippen molar-refractivity contribution in [3.8, 4) is 5.75 Å². The predicted molar refractivity (Wildman–Crippen MR) is 115 cm³/mol. The average molecular weight is 393 g/mol. The lowest BCUT2D eigenvalue weighted by atomic mass is 9.55. The molecule has 29 heavy (non-hydrogen) atoms. The lowest BCUT2D eigenvalue weighted by Gasteiger charge is -2.49. The van der Waals surface area contributed by atoms with Gasteiger partial charge in [0.15, 0.2) is 0 Å². The van der Waals surface area contributed by atoms with E-state index in [-0.39, 0.29) is 11.5 Å². The summed E-state index contributed by atoms with van der Waals surface area (Å²) in [7, 11) is 1.94. The smallest absolute Gasteiger partial charge is 0.119 e. The van der Waals surface area contributed by atoms with Crippen molar-refractivity contribution in [3.05, 3.63) is 52.9 Å². The molecule has 0 aliphatic heterocycles. The summed E-state index contributed by atoms with van der Waals surface area (Å²) in [4.78, 5) is 0. The monoisotopic (exact) mass is 392 g/mol. The van der Waals surface area contributed by atoms with Gasteiger partial charge in [-0.05, 0) is 85.6 Å². The fourth-order valence-electron chi connectivity index (χ4n) is 6.54. The summed E-state index contributed by atoms with van der Waals surface area (Å²) in [6.45, 7) is 5.09. The van der Waals surface area contributed by atoms with E-state index in [0.29, 0.717) is 17.8 Å². The minimum Gasteiger partial charge on any atom is -0.494 e. The first kappa shape index (κ1) is 18.9. The molecular weight excluding hydrogens is 360 g/mol. The molecule has 3 aliphatic carbocycles. The summed E-state index contributed by atoms with van der Waals surface area (Å²) >= 11 is 0. The SMILES string of the molecule is CCOc1ccc2c(c1)CC[C@H]1[C@@H]2CC[C@]2(C)[C@@H]1C/C(=C\c1cnn(C)c1)[C@@H]2O. The maximum absolute atomic E-state index is 11.3. The Morgan fingerprint density at radius 3 is 2.97 bits per heavy atom. The van der Waals surface area contributed by atoms with Gasteiger partial charge in [0, 0.05) is 24.2 Å². The van der Waals surface area contributed by atoms with Crippen LogP contribution in [0.5, 0.6) is 5.75 Å². The molecule has 0 bridgehead atoms. The van der Waals surface area contributed by atoms with E-state index in [2.05, 4.69) is 36.3 Å². The lowest BCUT2D eigenvalue weighted by Crippen LogP contribution is -2.44. The molecule has 0 unspecified atom stereocenters. The molecule has 5 atom stereocenters. The molecule has 1 heterocycles. The quantitative estimate of drug-likeness (QED) is 0.821. The highest BCUT2D eigenvalue weighted by Crippen LogP contribution is 2.62. The summed E-state index contributed by atoms with van der Waals surface area (Å²) in [6.07, 6.45) is 11.4. The van der Waals surface area contributed by atoms with Gasteiger partial charge in [0.2, 0.25) is 0 Å². The number of fused-ring (bicyclic) bond motifs is 5. The number of aryl methyl sites for hydroxylation is 2. The third-order valence-corrected chi connectivity index (χ3v) is 7.96. The Kier molecular flexibility index (Phi) is 4.58. The first-order chi connectivity index (χ1) is 14.0. The zero-order valence-electron chi connectivity index (χ0n) is 17.8. The Balaban J connectivity index is 1.44. The van der Waals surface area contributed by atoms with E-state index in [1.807, 2.05) is 31.0 Å². The van der Waals surface area contributed by atoms with Crippen molar-refractivity contribution in [1.82, 2.24) is 9.78 Å². The average Bonchev–Trinajstić information content (AvgIpc) is 3.23. The van der Waals surface area contributed by atoms with Crippen molar-refractivity contribution in [2.75, 3.05) is 6.61 Å². The van der Waals surface area contributed by atoms with Crippen molar-refractivity contribution in [3.63, 3.8) is 0 Å². The number of aliphatic hydroxyl groups is 1. The molecule has 0 amide bonds. The molecule has 154 valence electrons. The molecule has 2 fully saturated rings. The fourth-order valence-corrected chi connectivity index (χ4v) is 6.54. The predicted octanol–water partition coefficient (Wildman–Crippen LogP) is 4.73. The maximum atomic E-state index is 11.3. The Labute approximate surface area is 173 Å². The molecule has 1 aromatic carbocycles. The summed E-state index contributed by atoms with van der Waals surface area (Å²) < 4.78 is 7.56. The maximum Gasteiger partial charge on any atom is 0.119 e. The Morgan fingerprint density at radius 1 is 1.34 bits per heavy atom. The van der Waals surface area contributed by atoms with E-state index < -0.39 is 0 Å². The largest absolute Gasteiger partial charge is 0.494 e. The highest BCUT2D eigenvalue weighted by Gasteiger charge is 2.56. The van der Waals surface area contributed by atoms with E-state index >= 15 is 0 Å². The number of aromatic nitrogens is 2. The van der Waals surface area contributed by atoms with Crippen LogP contribution in [0.1, 0.15) is 62.1 Å². The third-order valence-electron chi connectivity index (χ3n) is 7.96. The first-order valence-corrected chi connectivity index (χ1v) is 11.1. The fraction of sp³-hybridized carbons (Fsp3) is 0.560. The van der Waals surface area contributed by atoms with Crippen LogP contribution in [0, 0.1) is 17.3 Å². The number of ether oxygens (including phenoxy) is 1. The second-order valence-corrected chi connectivity index (χ2v) is 9.53. The van der Waals surface area contributed by atoms with Gasteiger partial charge in [-0.2, -0.15) is 5.10 Å². The highest BCUT2D eigenvalue weighted by atomic mass is 16.5. The van der Waals surface area contributed by atoms with Crippen LogP contribution in [0.2, 0.25) is 0 Å². The van der Waals surface area contributed by atoms with E-state index in [1.165, 1.54) is 29.5 Å². The number of aliphatic hydroxyl groups excluding tert-OH is 1. The third kappa shape index (κ3) is 3.04. The molecule has 4 nitrogen and oxygen atoms in total. The van der Waals surface area contributed by atoms with Crippen LogP contribution in [0.15, 0.2) is 36.2 Å². The van der Waals surface area contributed by atoms with Gasteiger partial charge in [-0.1, -0.05) is 19.1 Å². The Morgan fingerprint density at radius 2 is 2.21 bits per heavy atom. The van der Waals surface area contributed by atoms with Gasteiger partial charge in [-0.25, -0.2) is 0 Å². The van der Waals surface area contributed by atoms with E-state index in [4.69, 9.17) is 4.74 Å². The molecule has 0 radical (unpaired) electrons. The van der Waals surface area contributed by atoms with Crippen molar-refractivity contribution in [1.29, 1.82) is 0 Å². The Hall–Kier alpha value is -2.07. The van der Waals surface area contributed by atoms with Gasteiger partial charge < -0.3 is 9.84 Å². The van der Waals surface area contributed by atoms with E-state index in [9.17, 15) is 5.11 Å². The van der Waals surface area contributed by atoms with Crippen molar-refractivity contribution < 1.29 is 9.84 Å². The van der Waals surface area contributed by atoms with Crippen LogP contribution >= 0.6 is 0 Å². The molecule has 2 saturated carbocycles. The number of rotatable bonds is 3. The molecule has 4 heteroatoms. The second kappa shape index (κ2) is 7.02. The minimum atomic E-state index is -0.338. The van der Waals surface area contributed by atoms with Gasteiger partial charge in [-0.15, -0.1) is 0 Å². The minimum absolute atomic E-state index is 0.00201. The number of nitrogens with zero attached hydrogens (tertiary/aromatic N) is 2. The standard InChI is InChI=1S/C25H32N2O2/c1-4-29-19-6-8-20-17(12-19)5-7-22-21(20)9-10-25(2)23(22)13-18(24(25)28)11-16-14-26-27(3)15-16/h6,8,11-12,14-15,21-24,28H,4-5,7,9-10,13H2,1-3H3/b18-11+/t21-,22+,23-,24+,25-/m1/s1. The van der Waals surface area contributed by atoms with Crippen LogP contribution < -0.4 is 4.74 Å². The molecule has 1 N–H and O–H groups in total. The molecule has 0 saturated heterocycles. The van der Waals surface area contributed by atoms with Crippen molar-refractivity contribution in [2.24, 2.45) is 24.3 Å². The normalized spacial score (nSPS) is 34.6. The first-order valence-electron chi connectivity index (χ1n) is 11.1. The van der Waals surface area contributed by atoms with Crippen molar-refractivity contribution >= 4 is 6.08 Å². The lowest BCUT2D eigenvalue weighted by molar-refractivity contribution is -0.0158. The van der Waals surface area contributed by atoms with Crippen molar-refractivity contribution in [2.45, 2.75) is 58.0 Å². The molecular formula is C25H32N2O2. The summed E-state index contributed by atoms with van der Waals surface area (Å²) in [5.74, 6) is 2.84. The van der Waals surface area contributed by atoms with Gasteiger partial charge in [0.05, 0.1) is 18.9 Å². The summed E-state index contributed by atoms with van der Waals surface area (Å²) in [6, 6.07) is 6.73. The van der Waals surface area contributed by atoms with Gasteiger partial charge in [0.1, 0.15) is 5.75 Å². The topological polar surface area (TPSA) is 47.3 Å². The summed E-state index contributed by atoms with van der Waals surface area (Å²) in [5.41, 5.74) is 5.30. The number of hydrogen-bond acceptors (Lipinski definition) is 3. The van der Waals surface area contributed by atoms with Crippen LogP contribution in [-0.4, -0.2) is 27.6 Å². The zero-order valence-corrected chi connectivity index (χ0v) is 17.8. The molecule has 5 rings (SSSR count). The second-order valence-electron chi connectivity index (χ2n) is 9.53. The molecule has 2 aromatic rings. The zero-order chi connectivity index (χ0) is 20.2. The highest BCUT2D eigenvalue weighted by molar-refractivity contribution is 5.54. The van der Waals surface area contributed by atoms with Crippen LogP contribution in [0.4, 0.5) is 0 Å². The molecule has 0 spiro atoms. The van der Waals surface area contributed by atoms with E-state index in [0.717, 1.165) is 37.2 Å². The van der Waals surface area contributed by atoms with Gasteiger partial charge in [-0.3, -0.25) is 4.68 Å². The Bertz CT molecular complexity index is 946.